The number of nitrogens with zero attached hydrogens (tertiary/aromatic N) is 2. The van der Waals surface area contributed by atoms with Crippen molar-refractivity contribution >= 4 is 16.0 Å². The van der Waals surface area contributed by atoms with Gasteiger partial charge in [0.05, 0.1) is 12.0 Å². The van der Waals surface area contributed by atoms with Crippen LogP contribution in [-0.2, 0) is 10.1 Å². The Morgan fingerprint density at radius 3 is 2.40 bits per heavy atom. The van der Waals surface area contributed by atoms with E-state index in [1.807, 2.05) is 4.90 Å². The van der Waals surface area contributed by atoms with Crippen LogP contribution in [0.5, 0.6) is 5.75 Å². The molecule has 0 radical (unpaired) electrons. The van der Waals surface area contributed by atoms with Crippen LogP contribution in [0.4, 0.5) is 0 Å². The quantitative estimate of drug-likeness (QED) is 0.722. The van der Waals surface area contributed by atoms with Gasteiger partial charge in [0, 0.05) is 32.7 Å². The maximum atomic E-state index is 12.2. The zero-order valence-corrected chi connectivity index (χ0v) is 14.5. The number of rotatable bonds is 6. The summed E-state index contributed by atoms with van der Waals surface area (Å²) in [7, 11) is -3.64. The van der Waals surface area contributed by atoms with E-state index in [-0.39, 0.29) is 11.7 Å². The number of amides is 1. The monoisotopic (exact) mass is 364 g/mol. The summed E-state index contributed by atoms with van der Waals surface area (Å²) in [4.78, 5) is 15.9. The van der Waals surface area contributed by atoms with Crippen molar-refractivity contribution in [3.63, 3.8) is 0 Å². The Labute approximate surface area is 146 Å². The molecule has 1 aliphatic heterocycles. The van der Waals surface area contributed by atoms with Crippen molar-refractivity contribution in [3.05, 3.63) is 54.5 Å². The minimum absolute atomic E-state index is 0.0893. The highest BCUT2D eigenvalue weighted by Gasteiger charge is 2.24. The van der Waals surface area contributed by atoms with E-state index >= 15 is 0 Å². The van der Waals surface area contributed by atoms with Gasteiger partial charge in [-0.3, -0.25) is 9.69 Å². The molecule has 0 aliphatic carbocycles. The molecule has 7 nitrogen and oxygen atoms in total. The van der Waals surface area contributed by atoms with Gasteiger partial charge in [-0.15, -0.1) is 0 Å². The van der Waals surface area contributed by atoms with Gasteiger partial charge in [0.25, 0.3) is 5.91 Å². The summed E-state index contributed by atoms with van der Waals surface area (Å²) in [5.41, 5.74) is 0. The van der Waals surface area contributed by atoms with Gasteiger partial charge in [0.1, 0.15) is 5.75 Å². The summed E-state index contributed by atoms with van der Waals surface area (Å²) < 4.78 is 34.3. The summed E-state index contributed by atoms with van der Waals surface area (Å²) in [6, 6.07) is 11.8. The molecule has 1 fully saturated rings. The van der Waals surface area contributed by atoms with E-state index in [0.29, 0.717) is 44.2 Å². The molecule has 1 saturated heterocycles. The lowest BCUT2D eigenvalue weighted by molar-refractivity contribution is 0.0612. The van der Waals surface area contributed by atoms with Gasteiger partial charge in [-0.05, 0) is 24.3 Å². The number of carbonyl (C=O) groups is 1. The van der Waals surface area contributed by atoms with Crippen molar-refractivity contribution in [2.24, 2.45) is 0 Å². The molecule has 1 aromatic carbocycles. The number of carbonyl (C=O) groups excluding carboxylic acids is 1. The third-order valence-electron chi connectivity index (χ3n) is 4.02. The number of hydrogen-bond donors (Lipinski definition) is 0. The zero-order chi connectivity index (χ0) is 17.7. The summed E-state index contributed by atoms with van der Waals surface area (Å²) >= 11 is 0. The van der Waals surface area contributed by atoms with Gasteiger partial charge in [-0.1, -0.05) is 18.2 Å². The average molecular weight is 364 g/mol. The molecular weight excluding hydrogens is 344 g/mol. The third-order valence-corrected chi connectivity index (χ3v) is 5.14. The van der Waals surface area contributed by atoms with E-state index in [1.165, 1.54) is 6.26 Å². The number of furan rings is 1. The smallest absolute Gasteiger partial charge is 0.310 e. The predicted octanol–water partition coefficient (Wildman–Crippen LogP) is 1.45. The van der Waals surface area contributed by atoms with Crippen molar-refractivity contribution in [1.82, 2.24) is 9.80 Å². The first-order chi connectivity index (χ1) is 12.0. The molecule has 25 heavy (non-hydrogen) atoms. The molecule has 0 saturated carbocycles. The van der Waals surface area contributed by atoms with Crippen LogP contribution in [0.25, 0.3) is 0 Å². The molecule has 2 heterocycles. The number of benzene rings is 1. The first-order valence-electron chi connectivity index (χ1n) is 8.06. The molecule has 3 rings (SSSR count). The van der Waals surface area contributed by atoms with Crippen LogP contribution in [0.1, 0.15) is 10.6 Å². The highest BCUT2D eigenvalue weighted by Crippen LogP contribution is 2.13. The molecule has 1 amide bonds. The van der Waals surface area contributed by atoms with E-state index in [1.54, 1.807) is 47.4 Å². The van der Waals surface area contributed by atoms with Crippen LogP contribution in [0, 0.1) is 0 Å². The molecule has 8 heteroatoms. The number of piperazine rings is 1. The van der Waals surface area contributed by atoms with E-state index in [0.717, 1.165) is 0 Å². The van der Waals surface area contributed by atoms with Gasteiger partial charge in [-0.2, -0.15) is 8.42 Å². The Morgan fingerprint density at radius 2 is 1.76 bits per heavy atom. The Kier molecular flexibility index (Phi) is 5.40. The minimum atomic E-state index is -3.64. The van der Waals surface area contributed by atoms with E-state index in [4.69, 9.17) is 8.60 Å². The summed E-state index contributed by atoms with van der Waals surface area (Å²) in [5, 5.41) is 0. The minimum Gasteiger partial charge on any atom is -0.459 e. The highest BCUT2D eigenvalue weighted by molar-refractivity contribution is 7.87. The standard InChI is InChI=1S/C17H20N2O5S/c20-17(16-7-4-13-23-16)19-10-8-18(9-11-19)12-14-25(21,22)24-15-5-2-1-3-6-15/h1-7,13H,8-12,14H2. The van der Waals surface area contributed by atoms with E-state index < -0.39 is 10.1 Å². The molecule has 134 valence electrons. The second-order valence-electron chi connectivity index (χ2n) is 5.77. The molecule has 1 aromatic heterocycles. The van der Waals surface area contributed by atoms with Crippen molar-refractivity contribution in [1.29, 1.82) is 0 Å². The molecule has 2 aromatic rings. The van der Waals surface area contributed by atoms with E-state index in [9.17, 15) is 13.2 Å². The summed E-state index contributed by atoms with van der Waals surface area (Å²) in [5.74, 6) is 0.418. The normalized spacial score (nSPS) is 15.9. The molecular formula is C17H20N2O5S. The number of para-hydroxylation sites is 1. The molecule has 0 N–H and O–H groups in total. The van der Waals surface area contributed by atoms with Crippen LogP contribution < -0.4 is 4.18 Å². The van der Waals surface area contributed by atoms with Gasteiger partial charge in [-0.25, -0.2) is 0 Å². The topological polar surface area (TPSA) is 80.1 Å². The molecule has 0 atom stereocenters. The summed E-state index contributed by atoms with van der Waals surface area (Å²) in [6.07, 6.45) is 1.47. The van der Waals surface area contributed by atoms with Gasteiger partial charge in [0.15, 0.2) is 5.76 Å². The third kappa shape index (κ3) is 4.83. The average Bonchev–Trinajstić information content (AvgIpc) is 3.15. The van der Waals surface area contributed by atoms with Crippen molar-refractivity contribution in [3.8, 4) is 5.75 Å². The van der Waals surface area contributed by atoms with Crippen LogP contribution in [0.2, 0.25) is 0 Å². The first kappa shape index (κ1) is 17.5. The van der Waals surface area contributed by atoms with Gasteiger partial charge >= 0.3 is 10.1 Å². The molecule has 0 unspecified atom stereocenters. The van der Waals surface area contributed by atoms with Crippen LogP contribution in [0.15, 0.2) is 53.1 Å². The van der Waals surface area contributed by atoms with Gasteiger partial charge < -0.3 is 13.5 Å². The van der Waals surface area contributed by atoms with Crippen LogP contribution in [-0.4, -0.2) is 62.6 Å². The highest BCUT2D eigenvalue weighted by atomic mass is 32.2. The zero-order valence-electron chi connectivity index (χ0n) is 13.7. The molecule has 1 aliphatic rings. The fourth-order valence-electron chi connectivity index (χ4n) is 2.64. The Balaban J connectivity index is 1.45. The van der Waals surface area contributed by atoms with Crippen molar-refractivity contribution in [2.75, 3.05) is 38.5 Å². The second kappa shape index (κ2) is 7.71. The first-order valence-corrected chi connectivity index (χ1v) is 9.63. The van der Waals surface area contributed by atoms with Crippen LogP contribution in [0.3, 0.4) is 0 Å². The van der Waals surface area contributed by atoms with Crippen LogP contribution >= 0.6 is 0 Å². The SMILES string of the molecule is O=C(c1ccco1)N1CCN(CCS(=O)(=O)Oc2ccccc2)CC1. The van der Waals surface area contributed by atoms with Crippen molar-refractivity contribution in [2.45, 2.75) is 0 Å². The van der Waals surface area contributed by atoms with E-state index in [2.05, 4.69) is 0 Å². The summed E-state index contributed by atoms with van der Waals surface area (Å²) in [6.45, 7) is 2.69. The Bertz CT molecular complexity index is 782. The number of hydrogen-bond acceptors (Lipinski definition) is 6. The fourth-order valence-corrected chi connectivity index (χ4v) is 3.61. The maximum Gasteiger partial charge on any atom is 0.310 e. The largest absolute Gasteiger partial charge is 0.459 e. The lowest BCUT2D eigenvalue weighted by atomic mass is 10.3. The molecule has 0 spiro atoms. The van der Waals surface area contributed by atoms with Gasteiger partial charge in [0.2, 0.25) is 0 Å². The second-order valence-corrected chi connectivity index (χ2v) is 7.46. The lowest BCUT2D eigenvalue weighted by Crippen LogP contribution is -2.49. The Morgan fingerprint density at radius 1 is 1.04 bits per heavy atom. The Hall–Kier alpha value is -2.32. The van der Waals surface area contributed by atoms with Crippen molar-refractivity contribution < 1.29 is 21.8 Å². The predicted molar refractivity (Wildman–Crippen MR) is 91.9 cm³/mol. The molecule has 0 bridgehead atoms. The maximum absolute atomic E-state index is 12.2. The lowest BCUT2D eigenvalue weighted by Gasteiger charge is -2.34. The fraction of sp³-hybridized carbons (Fsp3) is 0.353.